The molecule has 1 aliphatic rings. The Balaban J connectivity index is 1.42. The minimum Gasteiger partial charge on any atom is -0.411 e. The van der Waals surface area contributed by atoms with Crippen molar-refractivity contribution < 1.29 is 5.21 Å². The van der Waals surface area contributed by atoms with Gasteiger partial charge in [-0.3, -0.25) is 9.88 Å². The SMILES string of the molecule is CC(=NO)c1ccc2nnc(Cc3ccc4ncc(CN5CCCCC5)cc4c3)n2n1. The largest absolute Gasteiger partial charge is 0.411 e. The first-order valence-electron chi connectivity index (χ1n) is 10.7. The quantitative estimate of drug-likeness (QED) is 0.305. The van der Waals surface area contributed by atoms with Crippen LogP contribution >= 0.6 is 0 Å². The van der Waals surface area contributed by atoms with Crippen LogP contribution in [0.25, 0.3) is 16.6 Å². The molecule has 0 saturated carbocycles. The molecular formula is C23H25N7O. The summed E-state index contributed by atoms with van der Waals surface area (Å²) in [4.78, 5) is 7.18. The summed E-state index contributed by atoms with van der Waals surface area (Å²) >= 11 is 0. The summed E-state index contributed by atoms with van der Waals surface area (Å²) in [6.07, 6.45) is 6.52. The van der Waals surface area contributed by atoms with Crippen molar-refractivity contribution in [1.29, 1.82) is 0 Å². The van der Waals surface area contributed by atoms with Gasteiger partial charge in [0.05, 0.1) is 5.52 Å². The Morgan fingerprint density at radius 3 is 2.71 bits per heavy atom. The third-order valence-corrected chi connectivity index (χ3v) is 5.87. The van der Waals surface area contributed by atoms with E-state index in [1.807, 2.05) is 12.3 Å². The topological polar surface area (TPSA) is 91.8 Å². The number of benzene rings is 1. The van der Waals surface area contributed by atoms with Gasteiger partial charge in [-0.25, -0.2) is 0 Å². The van der Waals surface area contributed by atoms with E-state index in [2.05, 4.69) is 54.6 Å². The van der Waals surface area contributed by atoms with Crippen LogP contribution in [0.5, 0.6) is 0 Å². The van der Waals surface area contributed by atoms with Crippen molar-refractivity contribution in [2.24, 2.45) is 5.16 Å². The lowest BCUT2D eigenvalue weighted by Gasteiger charge is -2.26. The zero-order valence-electron chi connectivity index (χ0n) is 17.6. The van der Waals surface area contributed by atoms with Crippen LogP contribution in [-0.2, 0) is 13.0 Å². The van der Waals surface area contributed by atoms with E-state index in [4.69, 9.17) is 5.21 Å². The van der Waals surface area contributed by atoms with E-state index in [-0.39, 0.29) is 0 Å². The van der Waals surface area contributed by atoms with Gasteiger partial charge in [0.2, 0.25) is 0 Å². The lowest BCUT2D eigenvalue weighted by atomic mass is 10.1. The number of hydrogen-bond acceptors (Lipinski definition) is 7. The van der Waals surface area contributed by atoms with Crippen molar-refractivity contribution >= 4 is 22.3 Å². The Morgan fingerprint density at radius 2 is 1.87 bits per heavy atom. The van der Waals surface area contributed by atoms with E-state index in [0.717, 1.165) is 28.8 Å². The van der Waals surface area contributed by atoms with E-state index in [1.165, 1.54) is 37.9 Å². The lowest BCUT2D eigenvalue weighted by Crippen LogP contribution is -2.29. The standard InChI is InChI=1S/C23H25N7O/c1-16(28-31)20-7-8-22-25-26-23(30(22)27-20)13-17-5-6-21-19(11-17)12-18(14-24-21)15-29-9-3-2-4-10-29/h5-8,11-12,14,31H,2-4,9-10,13,15H2,1H3. The summed E-state index contributed by atoms with van der Waals surface area (Å²) in [5.74, 6) is 0.736. The number of nitrogens with zero attached hydrogens (tertiary/aromatic N) is 7. The molecule has 0 amide bonds. The molecule has 4 aromatic rings. The molecule has 0 aliphatic carbocycles. The highest BCUT2D eigenvalue weighted by Gasteiger charge is 2.13. The first-order valence-corrected chi connectivity index (χ1v) is 10.7. The Morgan fingerprint density at radius 1 is 1.03 bits per heavy atom. The second kappa shape index (κ2) is 8.39. The normalized spacial score (nSPS) is 15.7. The molecule has 0 atom stereocenters. The third-order valence-electron chi connectivity index (χ3n) is 5.87. The Hall–Kier alpha value is -3.39. The van der Waals surface area contributed by atoms with Gasteiger partial charge in [-0.05, 0) is 74.3 Å². The maximum absolute atomic E-state index is 9.04. The van der Waals surface area contributed by atoms with Crippen LogP contribution in [0.15, 0.2) is 47.8 Å². The summed E-state index contributed by atoms with van der Waals surface area (Å²) < 4.78 is 1.71. The van der Waals surface area contributed by atoms with Crippen LogP contribution < -0.4 is 0 Å². The molecule has 1 fully saturated rings. The Kier molecular flexibility index (Phi) is 5.30. The number of piperidine rings is 1. The molecule has 1 aromatic carbocycles. The second-order valence-electron chi connectivity index (χ2n) is 8.17. The minimum absolute atomic E-state index is 0.444. The van der Waals surface area contributed by atoms with Gasteiger partial charge >= 0.3 is 0 Å². The maximum atomic E-state index is 9.04. The lowest BCUT2D eigenvalue weighted by molar-refractivity contribution is 0.221. The van der Waals surface area contributed by atoms with Crippen molar-refractivity contribution in [3.05, 3.63) is 65.2 Å². The molecule has 0 bridgehead atoms. The number of likely N-dealkylation sites (tertiary alicyclic amines) is 1. The number of hydrogen-bond donors (Lipinski definition) is 1. The van der Waals surface area contributed by atoms with Crippen molar-refractivity contribution in [2.45, 2.75) is 39.2 Å². The number of pyridine rings is 1. The molecule has 158 valence electrons. The Labute approximate surface area is 180 Å². The van der Waals surface area contributed by atoms with Gasteiger partial charge < -0.3 is 5.21 Å². The van der Waals surface area contributed by atoms with Gasteiger partial charge in [-0.1, -0.05) is 17.6 Å². The fourth-order valence-corrected chi connectivity index (χ4v) is 4.17. The van der Waals surface area contributed by atoms with Gasteiger partial charge in [0.25, 0.3) is 0 Å². The number of fused-ring (bicyclic) bond motifs is 2. The second-order valence-corrected chi connectivity index (χ2v) is 8.17. The Bertz CT molecular complexity index is 1260. The van der Waals surface area contributed by atoms with E-state index in [0.29, 0.717) is 23.5 Å². The highest BCUT2D eigenvalue weighted by atomic mass is 16.4. The highest BCUT2D eigenvalue weighted by molar-refractivity contribution is 5.96. The van der Waals surface area contributed by atoms with Gasteiger partial charge in [-0.15, -0.1) is 10.2 Å². The number of aromatic nitrogens is 5. The first kappa shape index (κ1) is 19.6. The molecule has 0 radical (unpaired) electrons. The highest BCUT2D eigenvalue weighted by Crippen LogP contribution is 2.20. The smallest absolute Gasteiger partial charge is 0.177 e. The molecule has 1 saturated heterocycles. The molecule has 1 N–H and O–H groups in total. The molecule has 3 aromatic heterocycles. The molecular weight excluding hydrogens is 390 g/mol. The van der Waals surface area contributed by atoms with E-state index in [1.54, 1.807) is 17.5 Å². The third kappa shape index (κ3) is 4.11. The van der Waals surface area contributed by atoms with E-state index >= 15 is 0 Å². The van der Waals surface area contributed by atoms with Crippen molar-refractivity contribution in [3.63, 3.8) is 0 Å². The van der Waals surface area contributed by atoms with Crippen LogP contribution in [0.2, 0.25) is 0 Å². The van der Waals surface area contributed by atoms with Gasteiger partial charge in [0.1, 0.15) is 11.4 Å². The average Bonchev–Trinajstić information content (AvgIpc) is 3.21. The van der Waals surface area contributed by atoms with Gasteiger partial charge in [-0.2, -0.15) is 9.61 Å². The summed E-state index contributed by atoms with van der Waals surface area (Å²) in [5, 5.41) is 26.5. The average molecular weight is 416 g/mol. The predicted octanol–water partition coefficient (Wildman–Crippen LogP) is 3.45. The molecule has 0 spiro atoms. The summed E-state index contributed by atoms with van der Waals surface area (Å²) in [6, 6.07) is 12.2. The zero-order chi connectivity index (χ0) is 21.2. The molecule has 8 nitrogen and oxygen atoms in total. The summed E-state index contributed by atoms with van der Waals surface area (Å²) in [6.45, 7) is 5.01. The van der Waals surface area contributed by atoms with E-state index < -0.39 is 0 Å². The maximum Gasteiger partial charge on any atom is 0.177 e. The van der Waals surface area contributed by atoms with Crippen molar-refractivity contribution in [2.75, 3.05) is 13.1 Å². The summed E-state index contributed by atoms with van der Waals surface area (Å²) in [7, 11) is 0. The van der Waals surface area contributed by atoms with Gasteiger partial charge in [0.15, 0.2) is 11.5 Å². The molecule has 31 heavy (non-hydrogen) atoms. The van der Waals surface area contributed by atoms with E-state index in [9.17, 15) is 0 Å². The molecule has 0 unspecified atom stereocenters. The van der Waals surface area contributed by atoms with Crippen LogP contribution in [0, 0.1) is 0 Å². The number of oxime groups is 1. The van der Waals surface area contributed by atoms with Gasteiger partial charge in [0, 0.05) is 24.5 Å². The molecule has 4 heterocycles. The van der Waals surface area contributed by atoms with Crippen LogP contribution in [0.1, 0.15) is 48.8 Å². The summed E-state index contributed by atoms with van der Waals surface area (Å²) in [5.41, 5.74) is 5.06. The number of rotatable bonds is 5. The molecule has 8 heteroatoms. The molecule has 1 aliphatic heterocycles. The van der Waals surface area contributed by atoms with Crippen LogP contribution in [0.4, 0.5) is 0 Å². The molecule has 5 rings (SSSR count). The van der Waals surface area contributed by atoms with Crippen molar-refractivity contribution in [3.8, 4) is 0 Å². The zero-order valence-corrected chi connectivity index (χ0v) is 17.6. The minimum atomic E-state index is 0.444. The fourth-order valence-electron chi connectivity index (χ4n) is 4.17. The predicted molar refractivity (Wildman–Crippen MR) is 118 cm³/mol. The monoisotopic (exact) mass is 415 g/mol. The van der Waals surface area contributed by atoms with Crippen molar-refractivity contribution in [1.82, 2.24) is 29.7 Å². The van der Waals surface area contributed by atoms with Crippen LogP contribution in [-0.4, -0.2) is 53.7 Å². The first-order chi connectivity index (χ1) is 15.2. The van der Waals surface area contributed by atoms with Crippen LogP contribution in [0.3, 0.4) is 0 Å². The fraction of sp³-hybridized carbons (Fsp3) is 0.348.